The number of benzene rings is 1. The summed E-state index contributed by atoms with van der Waals surface area (Å²) in [5.41, 5.74) is 0. The average Bonchev–Trinajstić information content (AvgIpc) is 2.65. The minimum atomic E-state index is -0.920. The van der Waals surface area contributed by atoms with Crippen molar-refractivity contribution in [2.75, 3.05) is 21.1 Å². The number of halogens is 1. The molecule has 0 spiro atoms. The molecule has 0 aliphatic heterocycles. The van der Waals surface area contributed by atoms with Gasteiger partial charge < -0.3 is 4.74 Å². The Balaban J connectivity index is 2.14. The first-order chi connectivity index (χ1) is 12.7. The van der Waals surface area contributed by atoms with Gasteiger partial charge in [0.15, 0.2) is 0 Å². The van der Waals surface area contributed by atoms with Gasteiger partial charge in [-0.1, -0.05) is 28.6 Å². The van der Waals surface area contributed by atoms with Gasteiger partial charge in [0.05, 0.1) is 7.05 Å². The van der Waals surface area contributed by atoms with Crippen LogP contribution >= 0.6 is 23.5 Å². The summed E-state index contributed by atoms with van der Waals surface area (Å²) in [5, 5.41) is 8.91. The zero-order valence-electron chi connectivity index (χ0n) is 15.8. The van der Waals surface area contributed by atoms with Gasteiger partial charge >= 0.3 is 18.1 Å². The van der Waals surface area contributed by atoms with Crippen molar-refractivity contribution in [2.24, 2.45) is 0 Å². The second-order valence-corrected chi connectivity index (χ2v) is 8.15. The Morgan fingerprint density at radius 2 is 1.96 bits per heavy atom. The summed E-state index contributed by atoms with van der Waals surface area (Å²) in [4.78, 5) is 27.6. The molecule has 148 valence electrons. The first-order valence-corrected chi connectivity index (χ1v) is 10.0. The molecule has 0 aromatic heterocycles. The molecule has 27 heavy (non-hydrogen) atoms. The first-order valence-electron chi connectivity index (χ1n) is 8.82. The third-order valence-electron chi connectivity index (χ3n) is 4.46. The number of urea groups is 2. The largest absolute Gasteiger partial charge is 0.444 e. The van der Waals surface area contributed by atoms with Gasteiger partial charge in [-0.05, 0) is 55.8 Å². The monoisotopic (exact) mass is 413 g/mol. The lowest BCUT2D eigenvalue weighted by molar-refractivity contribution is -0.663. The van der Waals surface area contributed by atoms with E-state index in [0.717, 1.165) is 48.9 Å². The number of nitrogens with one attached hydrogen (secondary N) is 2. The fourth-order valence-corrected chi connectivity index (χ4v) is 3.81. The Kier molecular flexibility index (Phi) is 7.52. The molecule has 0 bridgehead atoms. The number of rotatable bonds is 3. The number of quaternary nitrogens is 1. The molecule has 0 radical (unpaired) electrons. The van der Waals surface area contributed by atoms with Crippen molar-refractivity contribution >= 4 is 41.6 Å². The molecule has 1 atom stereocenters. The van der Waals surface area contributed by atoms with Crippen LogP contribution in [0.15, 0.2) is 29.2 Å². The van der Waals surface area contributed by atoms with E-state index in [1.165, 1.54) is 11.9 Å². The number of amidine groups is 1. The van der Waals surface area contributed by atoms with Gasteiger partial charge in [-0.25, -0.2) is 19.7 Å². The first kappa shape index (κ1) is 21.5. The van der Waals surface area contributed by atoms with Crippen LogP contribution in [0.2, 0.25) is 5.02 Å². The van der Waals surface area contributed by atoms with Crippen LogP contribution in [-0.2, 0) is 4.74 Å². The maximum Gasteiger partial charge on any atom is 0.444 e. The van der Waals surface area contributed by atoms with Gasteiger partial charge in [-0.3, -0.25) is 4.90 Å². The Bertz CT molecular complexity index is 710. The van der Waals surface area contributed by atoms with E-state index in [1.54, 1.807) is 38.4 Å². The van der Waals surface area contributed by atoms with Crippen LogP contribution in [-0.4, -0.2) is 54.7 Å². The van der Waals surface area contributed by atoms with Crippen molar-refractivity contribution in [3.8, 4) is 0 Å². The Morgan fingerprint density at radius 3 is 2.56 bits per heavy atom. The zero-order chi connectivity index (χ0) is 20.0. The number of carbonyl (C=O) groups excluding carboxylic acids is 2. The highest BCUT2D eigenvalue weighted by Gasteiger charge is 2.50. The Morgan fingerprint density at radius 1 is 1.30 bits per heavy atom. The van der Waals surface area contributed by atoms with Gasteiger partial charge in [0, 0.05) is 24.0 Å². The normalized spacial score (nSPS) is 16.9. The van der Waals surface area contributed by atoms with Crippen LogP contribution in [0.3, 0.4) is 0 Å². The van der Waals surface area contributed by atoms with Crippen LogP contribution in [0, 0.1) is 5.41 Å². The summed E-state index contributed by atoms with van der Waals surface area (Å²) in [5.74, 6) is 0. The Labute approximate surface area is 169 Å². The number of amides is 4. The highest BCUT2D eigenvalue weighted by atomic mass is 35.5. The molecule has 0 heterocycles. The lowest BCUT2D eigenvalue weighted by atomic mass is 9.98. The van der Waals surface area contributed by atoms with Crippen LogP contribution in [0.25, 0.3) is 0 Å². The third kappa shape index (κ3) is 5.37. The molecule has 1 unspecified atom stereocenters. The van der Waals surface area contributed by atoms with Crippen molar-refractivity contribution in [1.82, 2.24) is 9.62 Å². The van der Waals surface area contributed by atoms with Crippen molar-refractivity contribution < 1.29 is 18.8 Å². The summed E-state index contributed by atoms with van der Waals surface area (Å²) < 4.78 is 7.46. The average molecular weight is 414 g/mol. The lowest BCUT2D eigenvalue weighted by Gasteiger charge is -2.31. The van der Waals surface area contributed by atoms with Crippen LogP contribution in [0.5, 0.6) is 0 Å². The van der Waals surface area contributed by atoms with E-state index in [9.17, 15) is 9.59 Å². The lowest BCUT2D eigenvalue weighted by Crippen LogP contribution is -2.64. The van der Waals surface area contributed by atoms with Crippen LogP contribution < -0.4 is 4.72 Å². The van der Waals surface area contributed by atoms with Crippen molar-refractivity contribution in [3.63, 3.8) is 0 Å². The second-order valence-electron chi connectivity index (χ2n) is 6.83. The number of nitrogens with zero attached hydrogens (tertiary/aromatic N) is 2. The molecule has 1 aliphatic carbocycles. The number of hydrogen-bond acceptors (Lipinski definition) is 5. The summed E-state index contributed by atoms with van der Waals surface area (Å²) in [6.45, 7) is 0. The van der Waals surface area contributed by atoms with Gasteiger partial charge in [-0.2, -0.15) is 0 Å². The maximum atomic E-state index is 12.9. The quantitative estimate of drug-likeness (QED) is 0.331. The predicted octanol–water partition coefficient (Wildman–Crippen LogP) is 4.47. The number of carbonyl (C=O) groups is 2. The summed E-state index contributed by atoms with van der Waals surface area (Å²) in [6.07, 6.45) is 4.73. The molecule has 4 amide bonds. The SMILES string of the molecule is CN(C)C(=O)[N+](C)(C(=N)OC1CCCCC1)C(=O)NSc1cccc(Cl)c1. The molecule has 2 N–H and O–H groups in total. The van der Waals surface area contributed by atoms with Crippen molar-refractivity contribution in [3.05, 3.63) is 29.3 Å². The fraction of sp³-hybridized carbons (Fsp3) is 0.500. The van der Waals surface area contributed by atoms with Crippen molar-refractivity contribution in [2.45, 2.75) is 43.1 Å². The van der Waals surface area contributed by atoms with E-state index in [0.29, 0.717) is 5.02 Å². The topological polar surface area (TPSA) is 82.5 Å². The molecule has 1 aliphatic rings. The minimum Gasteiger partial charge on any atom is -0.433 e. The van der Waals surface area contributed by atoms with Gasteiger partial charge in [-0.15, -0.1) is 0 Å². The molecule has 1 aromatic rings. The third-order valence-corrected chi connectivity index (χ3v) is 5.46. The Hall–Kier alpha value is -1.77. The molecular weight excluding hydrogens is 388 g/mol. The van der Waals surface area contributed by atoms with Gasteiger partial charge in [0.2, 0.25) is 0 Å². The standard InChI is InChI=1S/C18H25ClN4O3S/c1-22(2)18(25)23(3,16(20)26-14-9-5-4-6-10-14)17(24)21-27-15-11-7-8-13(19)12-15/h7-8,11-12,14,20H,4-6,9-10H2,1-3H3/p+1. The minimum absolute atomic E-state index is 0.132. The van der Waals surface area contributed by atoms with E-state index < -0.39 is 16.5 Å². The molecule has 1 aromatic carbocycles. The zero-order valence-corrected chi connectivity index (χ0v) is 17.4. The highest BCUT2D eigenvalue weighted by Crippen LogP contribution is 2.24. The van der Waals surface area contributed by atoms with E-state index in [1.807, 2.05) is 0 Å². The number of hydrogen-bond donors (Lipinski definition) is 2. The van der Waals surface area contributed by atoms with Gasteiger partial charge in [0.25, 0.3) is 0 Å². The molecule has 1 fully saturated rings. The number of imide groups is 1. The van der Waals surface area contributed by atoms with Crippen LogP contribution in [0.1, 0.15) is 32.1 Å². The summed E-state index contributed by atoms with van der Waals surface area (Å²) in [7, 11) is 4.47. The fourth-order valence-electron chi connectivity index (χ4n) is 2.84. The summed E-state index contributed by atoms with van der Waals surface area (Å²) in [6, 6.07) is 5.41. The predicted molar refractivity (Wildman–Crippen MR) is 107 cm³/mol. The second kappa shape index (κ2) is 9.43. The van der Waals surface area contributed by atoms with Crippen molar-refractivity contribution in [1.29, 1.82) is 5.41 Å². The summed E-state index contributed by atoms with van der Waals surface area (Å²) >= 11 is 7.00. The van der Waals surface area contributed by atoms with Crippen LogP contribution in [0.4, 0.5) is 9.59 Å². The van der Waals surface area contributed by atoms with Gasteiger partial charge in [0.1, 0.15) is 6.10 Å². The van der Waals surface area contributed by atoms with E-state index >= 15 is 0 Å². The number of ether oxygens (including phenoxy) is 1. The smallest absolute Gasteiger partial charge is 0.433 e. The molecule has 2 rings (SSSR count). The molecule has 0 saturated heterocycles. The molecule has 1 saturated carbocycles. The van der Waals surface area contributed by atoms with E-state index in [2.05, 4.69) is 4.72 Å². The maximum absolute atomic E-state index is 12.9. The molecular formula is C18H26ClN4O3S+. The molecule has 7 nitrogen and oxygen atoms in total. The van der Waals surface area contributed by atoms with E-state index in [4.69, 9.17) is 21.7 Å². The van der Waals surface area contributed by atoms with E-state index in [-0.39, 0.29) is 12.1 Å². The highest BCUT2D eigenvalue weighted by molar-refractivity contribution is 7.98. The molecule has 9 heteroatoms.